The van der Waals surface area contributed by atoms with Gasteiger partial charge in [-0.05, 0) is 37.3 Å². The molecule has 2 aromatic rings. The lowest BCUT2D eigenvalue weighted by Crippen LogP contribution is -2.62. The molecule has 230 valence electrons. The number of hydrogen-bond donors (Lipinski definition) is 0. The summed E-state index contributed by atoms with van der Waals surface area (Å²) in [4.78, 5) is 48.6. The number of alkyl halides is 4. The molecule has 3 aliphatic rings. The number of pyridine rings is 1. The number of anilines is 3. The van der Waals surface area contributed by atoms with Crippen LogP contribution in [0.5, 0.6) is 0 Å². The molecule has 3 amide bonds. The first-order valence-corrected chi connectivity index (χ1v) is 14.0. The Morgan fingerprint density at radius 2 is 1.98 bits per heavy atom. The van der Waals surface area contributed by atoms with Gasteiger partial charge in [0.25, 0.3) is 0 Å². The summed E-state index contributed by atoms with van der Waals surface area (Å²) < 4.78 is 61.4. The molecule has 43 heavy (non-hydrogen) atoms. The van der Waals surface area contributed by atoms with Crippen LogP contribution in [0.25, 0.3) is 0 Å². The molecule has 0 spiro atoms. The van der Waals surface area contributed by atoms with Gasteiger partial charge in [0.2, 0.25) is 17.7 Å². The van der Waals surface area contributed by atoms with E-state index in [9.17, 15) is 31.9 Å². The van der Waals surface area contributed by atoms with Gasteiger partial charge in [0.05, 0.1) is 48.3 Å². The maximum absolute atomic E-state index is 14.9. The highest BCUT2D eigenvalue weighted by Gasteiger charge is 2.50. The molecule has 5 rings (SSSR count). The molecule has 2 saturated heterocycles. The molecule has 4 heterocycles. The number of likely N-dealkylation sites (tertiary alicyclic amines) is 1. The Bertz CT molecular complexity index is 1460. The van der Waals surface area contributed by atoms with E-state index in [2.05, 4.69) is 11.6 Å². The van der Waals surface area contributed by atoms with Crippen LogP contribution in [0.15, 0.2) is 43.0 Å². The minimum Gasteiger partial charge on any atom is -0.376 e. The Kier molecular flexibility index (Phi) is 8.16. The van der Waals surface area contributed by atoms with E-state index in [4.69, 9.17) is 16.3 Å². The van der Waals surface area contributed by atoms with Gasteiger partial charge in [0.1, 0.15) is 11.9 Å². The van der Waals surface area contributed by atoms with Gasteiger partial charge in [-0.25, -0.2) is 9.37 Å². The minimum atomic E-state index is -4.67. The number of ether oxygens (including phenoxy) is 1. The van der Waals surface area contributed by atoms with Crippen LogP contribution in [0, 0.1) is 12.8 Å². The van der Waals surface area contributed by atoms with E-state index in [1.54, 1.807) is 18.2 Å². The van der Waals surface area contributed by atoms with Crippen molar-refractivity contribution in [2.24, 2.45) is 5.92 Å². The number of para-hydroxylation sites is 1. The summed E-state index contributed by atoms with van der Waals surface area (Å²) in [7, 11) is 1.51. The van der Waals surface area contributed by atoms with Crippen LogP contribution in [0.3, 0.4) is 0 Å². The molecular weight excluding hydrogens is 594 g/mol. The zero-order valence-corrected chi connectivity index (χ0v) is 24.3. The maximum Gasteiger partial charge on any atom is 0.416 e. The van der Waals surface area contributed by atoms with Crippen LogP contribution in [0.1, 0.15) is 17.7 Å². The number of fused-ring (bicyclic) bond motifs is 2. The van der Waals surface area contributed by atoms with E-state index in [1.165, 1.54) is 23.8 Å². The lowest BCUT2D eigenvalue weighted by Gasteiger charge is -2.43. The molecule has 14 heteroatoms. The Morgan fingerprint density at radius 3 is 2.65 bits per heavy atom. The number of carbonyl (C=O) groups is 3. The Hall–Kier alpha value is -3.71. The number of halogens is 5. The topological polar surface area (TPSA) is 86.3 Å². The van der Waals surface area contributed by atoms with Crippen molar-refractivity contribution in [3.63, 3.8) is 0 Å². The smallest absolute Gasteiger partial charge is 0.376 e. The highest BCUT2D eigenvalue weighted by Crippen LogP contribution is 2.43. The van der Waals surface area contributed by atoms with E-state index in [0.29, 0.717) is 16.4 Å². The van der Waals surface area contributed by atoms with Crippen molar-refractivity contribution >= 4 is 46.5 Å². The third-order valence-corrected chi connectivity index (χ3v) is 8.23. The first kappa shape index (κ1) is 30.7. The lowest BCUT2D eigenvalue weighted by molar-refractivity contribution is -0.145. The number of likely N-dealkylation sites (N-methyl/N-ethyl adjacent to an activating group) is 1. The molecule has 1 aromatic carbocycles. The van der Waals surface area contributed by atoms with Crippen molar-refractivity contribution in [3.05, 3.63) is 59.3 Å². The zero-order chi connectivity index (χ0) is 31.3. The van der Waals surface area contributed by atoms with Gasteiger partial charge in [0, 0.05) is 38.2 Å². The molecule has 0 N–H and O–H groups in total. The van der Waals surface area contributed by atoms with Gasteiger partial charge >= 0.3 is 6.18 Å². The normalized spacial score (nSPS) is 21.7. The third-order valence-electron chi connectivity index (χ3n) is 7.93. The second kappa shape index (κ2) is 11.4. The number of nitrogens with zero attached hydrogens (tertiary/aromatic N) is 5. The van der Waals surface area contributed by atoms with Gasteiger partial charge in [-0.2, -0.15) is 13.2 Å². The predicted molar refractivity (Wildman–Crippen MR) is 152 cm³/mol. The van der Waals surface area contributed by atoms with E-state index in [1.807, 2.05) is 4.90 Å². The van der Waals surface area contributed by atoms with Crippen molar-refractivity contribution in [3.8, 4) is 0 Å². The largest absolute Gasteiger partial charge is 0.416 e. The molecule has 0 saturated carbocycles. The second-order valence-electron chi connectivity index (χ2n) is 11.1. The molecule has 0 radical (unpaired) electrons. The standard InChI is InChI=1S/C29H30ClF4N5O4/c1-4-23(40)38-14-28(31,15-38)16-43-9-8-37-13-18-11-24(41)39(22-12-19(29(32,33)34)10-17(2)35-22)25(18)27(42)36(3)21-7-5-6-20(30)26(21)37/h4-7,10,12,18,25H,1,8-9,11,13-16H2,2-3H3/t18-,25+/m1/s1. The minimum absolute atomic E-state index is 0.0534. The van der Waals surface area contributed by atoms with Crippen LogP contribution in [0.4, 0.5) is 34.8 Å². The van der Waals surface area contributed by atoms with Crippen LogP contribution in [0.2, 0.25) is 5.02 Å². The molecule has 0 bridgehead atoms. The van der Waals surface area contributed by atoms with Crippen LogP contribution < -0.4 is 14.7 Å². The molecule has 1 aromatic heterocycles. The summed E-state index contributed by atoms with van der Waals surface area (Å²) in [5.74, 6) is -2.24. The summed E-state index contributed by atoms with van der Waals surface area (Å²) in [5, 5.41) is 0.339. The molecule has 2 fully saturated rings. The molecular formula is C29H30ClF4N5O4. The van der Waals surface area contributed by atoms with Crippen molar-refractivity contribution in [1.82, 2.24) is 9.88 Å². The second-order valence-corrected chi connectivity index (χ2v) is 11.5. The maximum atomic E-state index is 14.9. The zero-order valence-electron chi connectivity index (χ0n) is 23.5. The third kappa shape index (κ3) is 5.92. The van der Waals surface area contributed by atoms with Gasteiger partial charge < -0.3 is 19.4 Å². The quantitative estimate of drug-likeness (QED) is 0.263. The van der Waals surface area contributed by atoms with Crippen molar-refractivity contribution < 1.29 is 36.7 Å². The number of aryl methyl sites for hydroxylation is 1. The number of benzene rings is 1. The van der Waals surface area contributed by atoms with E-state index >= 15 is 0 Å². The van der Waals surface area contributed by atoms with Crippen molar-refractivity contribution in [2.45, 2.75) is 31.2 Å². The Balaban J connectivity index is 1.40. The highest BCUT2D eigenvalue weighted by atomic mass is 35.5. The molecule has 0 aliphatic carbocycles. The molecule has 3 aliphatic heterocycles. The van der Waals surface area contributed by atoms with Crippen molar-refractivity contribution in [2.75, 3.05) is 61.1 Å². The summed E-state index contributed by atoms with van der Waals surface area (Å²) in [6.07, 6.45) is -3.66. The fraction of sp³-hybridized carbons (Fsp3) is 0.448. The summed E-state index contributed by atoms with van der Waals surface area (Å²) in [6.45, 7) is 4.76. The molecule has 9 nitrogen and oxygen atoms in total. The van der Waals surface area contributed by atoms with Gasteiger partial charge in [0.15, 0.2) is 5.67 Å². The van der Waals surface area contributed by atoms with Crippen molar-refractivity contribution in [1.29, 1.82) is 0 Å². The number of amides is 3. The van der Waals surface area contributed by atoms with Gasteiger partial charge in [-0.15, -0.1) is 0 Å². The summed E-state index contributed by atoms with van der Waals surface area (Å²) in [5.41, 5.74) is -1.65. The van der Waals surface area contributed by atoms with Gasteiger partial charge in [-0.1, -0.05) is 24.2 Å². The van der Waals surface area contributed by atoms with Crippen LogP contribution >= 0.6 is 11.6 Å². The number of rotatable bonds is 7. The monoisotopic (exact) mass is 623 g/mol. The van der Waals surface area contributed by atoms with E-state index in [-0.39, 0.29) is 63.2 Å². The predicted octanol–water partition coefficient (Wildman–Crippen LogP) is 4.02. The number of carbonyl (C=O) groups excluding carboxylic acids is 3. The number of hydrogen-bond acceptors (Lipinski definition) is 6. The first-order valence-electron chi connectivity index (χ1n) is 13.6. The van der Waals surface area contributed by atoms with Crippen LogP contribution in [-0.2, 0) is 25.3 Å². The fourth-order valence-corrected chi connectivity index (χ4v) is 6.20. The van der Waals surface area contributed by atoms with E-state index < -0.39 is 41.2 Å². The lowest BCUT2D eigenvalue weighted by atomic mass is 9.95. The number of aromatic nitrogens is 1. The SMILES string of the molecule is C=CC(=O)N1CC(F)(COCCN2C[C@H]3CC(=O)N(c4cc(C(F)(F)F)cc(C)n4)[C@@H]3C(=O)N(C)c3cccc(Cl)c32)C1. The first-order chi connectivity index (χ1) is 20.2. The molecule has 2 atom stereocenters. The van der Waals surface area contributed by atoms with E-state index in [0.717, 1.165) is 23.1 Å². The highest BCUT2D eigenvalue weighted by molar-refractivity contribution is 6.34. The molecule has 0 unspecified atom stereocenters. The van der Waals surface area contributed by atoms with Crippen LogP contribution in [-0.4, -0.2) is 85.8 Å². The summed E-state index contributed by atoms with van der Waals surface area (Å²) >= 11 is 6.61. The average Bonchev–Trinajstić information content (AvgIpc) is 3.25. The fourth-order valence-electron chi connectivity index (χ4n) is 5.91. The average molecular weight is 624 g/mol. The Labute approximate surface area is 250 Å². The summed E-state index contributed by atoms with van der Waals surface area (Å²) in [6, 6.07) is 5.54. The Morgan fingerprint density at radius 1 is 1.26 bits per heavy atom. The van der Waals surface area contributed by atoms with Gasteiger partial charge in [-0.3, -0.25) is 19.3 Å².